The third-order valence-electron chi connectivity index (χ3n) is 5.95. The highest BCUT2D eigenvalue weighted by atomic mass is 35.5. The molecule has 1 atom stereocenters. The van der Waals surface area contributed by atoms with Crippen LogP contribution < -0.4 is 16.0 Å². The number of sulfonamides is 1. The molecule has 0 saturated carbocycles. The van der Waals surface area contributed by atoms with E-state index in [4.69, 9.17) is 17.3 Å². The van der Waals surface area contributed by atoms with Crippen LogP contribution in [-0.4, -0.2) is 34.0 Å². The lowest BCUT2D eigenvalue weighted by Crippen LogP contribution is -2.30. The van der Waals surface area contributed by atoms with E-state index in [0.717, 1.165) is 24.5 Å². The molecule has 3 aromatic carbocycles. The minimum Gasteiger partial charge on any atom is -0.321 e. The highest BCUT2D eigenvalue weighted by Gasteiger charge is 2.24. The van der Waals surface area contributed by atoms with Crippen molar-refractivity contribution in [3.8, 4) is 5.69 Å². The Morgan fingerprint density at radius 3 is 2.47 bits per heavy atom. The molecule has 13 heteroatoms. The van der Waals surface area contributed by atoms with Crippen molar-refractivity contribution in [3.05, 3.63) is 93.0 Å². The van der Waals surface area contributed by atoms with E-state index in [1.165, 1.54) is 15.3 Å². The van der Waals surface area contributed by atoms with Gasteiger partial charge in [-0.1, -0.05) is 23.7 Å². The quantitative estimate of drug-likeness (QED) is 0.326. The Labute approximate surface area is 220 Å². The van der Waals surface area contributed by atoms with Gasteiger partial charge in [0, 0.05) is 13.1 Å². The molecule has 2 aromatic heterocycles. The molecular weight excluding hydrogens is 538 g/mol. The number of aromatic nitrogens is 4. The number of para-hydroxylation sites is 1. The summed E-state index contributed by atoms with van der Waals surface area (Å²) in [5.74, 6) is -1.40. The monoisotopic (exact) mass is 558 g/mol. The molecule has 0 aliphatic heterocycles. The van der Waals surface area contributed by atoms with E-state index in [9.17, 15) is 22.0 Å². The summed E-state index contributed by atoms with van der Waals surface area (Å²) < 4.78 is 56.6. The fourth-order valence-corrected chi connectivity index (χ4v) is 5.23. The molecule has 0 fully saturated rings. The maximum absolute atomic E-state index is 13.9. The second kappa shape index (κ2) is 9.46. The van der Waals surface area contributed by atoms with E-state index in [1.807, 2.05) is 0 Å². The van der Waals surface area contributed by atoms with Crippen LogP contribution in [0.15, 0.2) is 59.4 Å². The first-order valence-corrected chi connectivity index (χ1v) is 13.6. The van der Waals surface area contributed by atoms with Crippen LogP contribution in [0.3, 0.4) is 0 Å². The number of nitrogens with zero attached hydrogens (tertiary/aromatic N) is 4. The third kappa shape index (κ3) is 4.73. The second-order valence-corrected chi connectivity index (χ2v) is 11.0. The average Bonchev–Trinajstić information content (AvgIpc) is 3.14. The van der Waals surface area contributed by atoms with Gasteiger partial charge in [0.05, 0.1) is 44.8 Å². The van der Waals surface area contributed by atoms with Crippen LogP contribution in [0, 0.1) is 11.6 Å². The van der Waals surface area contributed by atoms with Crippen LogP contribution in [0.5, 0.6) is 0 Å². The van der Waals surface area contributed by atoms with Gasteiger partial charge in [-0.15, -0.1) is 0 Å². The predicted molar refractivity (Wildman–Crippen MR) is 142 cm³/mol. The number of anilines is 1. The molecule has 0 amide bonds. The summed E-state index contributed by atoms with van der Waals surface area (Å²) in [6.45, 7) is 0. The number of hydrogen-bond donors (Lipinski definition) is 2. The van der Waals surface area contributed by atoms with E-state index < -0.39 is 33.3 Å². The van der Waals surface area contributed by atoms with Crippen molar-refractivity contribution in [2.45, 2.75) is 12.5 Å². The van der Waals surface area contributed by atoms with Crippen LogP contribution in [0.1, 0.15) is 17.4 Å². The molecule has 0 saturated heterocycles. The molecule has 0 bridgehead atoms. The van der Waals surface area contributed by atoms with Crippen LogP contribution in [0.25, 0.3) is 27.5 Å². The first-order chi connectivity index (χ1) is 17.9. The lowest BCUT2D eigenvalue weighted by molar-refractivity contribution is 0.572. The molecule has 2 heterocycles. The van der Waals surface area contributed by atoms with E-state index >= 15 is 0 Å². The van der Waals surface area contributed by atoms with Crippen molar-refractivity contribution in [2.24, 2.45) is 12.8 Å². The van der Waals surface area contributed by atoms with Crippen molar-refractivity contribution >= 4 is 49.2 Å². The molecule has 0 aliphatic carbocycles. The minimum absolute atomic E-state index is 0.0141. The molecule has 9 nitrogen and oxygen atoms in total. The van der Waals surface area contributed by atoms with Gasteiger partial charge in [-0.2, -0.15) is 5.10 Å². The number of rotatable bonds is 6. The van der Waals surface area contributed by atoms with Crippen LogP contribution in [-0.2, 0) is 23.5 Å². The average molecular weight is 559 g/mol. The minimum atomic E-state index is -3.70. The molecule has 196 valence electrons. The van der Waals surface area contributed by atoms with Gasteiger partial charge in [-0.05, 0) is 48.4 Å². The summed E-state index contributed by atoms with van der Waals surface area (Å²) in [4.78, 5) is 18.5. The van der Waals surface area contributed by atoms with Crippen LogP contribution in [0.2, 0.25) is 5.02 Å². The zero-order valence-corrected chi connectivity index (χ0v) is 21.7. The first-order valence-electron chi connectivity index (χ1n) is 11.3. The van der Waals surface area contributed by atoms with Crippen molar-refractivity contribution in [2.75, 3.05) is 11.0 Å². The van der Waals surface area contributed by atoms with Gasteiger partial charge < -0.3 is 5.73 Å². The number of benzene rings is 3. The summed E-state index contributed by atoms with van der Waals surface area (Å²) in [5.41, 5.74) is 7.37. The van der Waals surface area contributed by atoms with Crippen molar-refractivity contribution in [3.63, 3.8) is 0 Å². The van der Waals surface area contributed by atoms with Gasteiger partial charge >= 0.3 is 0 Å². The SMILES string of the molecule is Cn1nc(NS(C)(=O)=O)c2c(Cl)ccc(-n3c([C@@H](N)Cc4cc(F)cc(F)c4)nc4ccccc4c3=O)c21. The summed E-state index contributed by atoms with van der Waals surface area (Å²) in [6.07, 6.45) is 0.956. The molecular formula is C25H21ClF2N6O3S. The third-order valence-corrected chi connectivity index (χ3v) is 6.83. The first kappa shape index (κ1) is 25.8. The summed E-state index contributed by atoms with van der Waals surface area (Å²) in [6, 6.07) is 11.9. The van der Waals surface area contributed by atoms with Crippen LogP contribution in [0.4, 0.5) is 14.6 Å². The molecule has 5 rings (SSSR count). The largest absolute Gasteiger partial charge is 0.321 e. The summed E-state index contributed by atoms with van der Waals surface area (Å²) >= 11 is 6.45. The second-order valence-electron chi connectivity index (χ2n) is 8.85. The summed E-state index contributed by atoms with van der Waals surface area (Å²) in [7, 11) is -2.12. The Morgan fingerprint density at radius 2 is 1.79 bits per heavy atom. The molecule has 0 unspecified atom stereocenters. The maximum atomic E-state index is 13.9. The van der Waals surface area contributed by atoms with Gasteiger partial charge in [-0.25, -0.2) is 22.2 Å². The number of nitrogens with one attached hydrogen (secondary N) is 1. The fraction of sp³-hybridized carbons (Fsp3) is 0.160. The molecule has 5 aromatic rings. The zero-order valence-electron chi connectivity index (χ0n) is 20.1. The zero-order chi connectivity index (χ0) is 27.4. The summed E-state index contributed by atoms with van der Waals surface area (Å²) in [5, 5.41) is 5.04. The van der Waals surface area contributed by atoms with Crippen molar-refractivity contribution in [1.29, 1.82) is 0 Å². The van der Waals surface area contributed by atoms with Gasteiger partial charge in [0.25, 0.3) is 5.56 Å². The van der Waals surface area contributed by atoms with E-state index in [-0.39, 0.29) is 34.0 Å². The standard InChI is InChI=1S/C25H21ClF2N6O3S/c1-33-22-20(8-7-17(26)21(22)23(31-33)32-38(2,36)37)34-24(30-19-6-4-3-5-16(19)25(34)35)18(29)11-13-9-14(27)12-15(28)10-13/h3-10,12,18H,11,29H2,1-2H3,(H,31,32)/t18-/m0/s1. The van der Waals surface area contributed by atoms with E-state index in [1.54, 1.807) is 37.4 Å². The Bertz CT molecular complexity index is 1890. The van der Waals surface area contributed by atoms with Crippen molar-refractivity contribution in [1.82, 2.24) is 19.3 Å². The highest BCUT2D eigenvalue weighted by Crippen LogP contribution is 2.35. The van der Waals surface area contributed by atoms with E-state index in [2.05, 4.69) is 14.8 Å². The Morgan fingerprint density at radius 1 is 1.11 bits per heavy atom. The lowest BCUT2D eigenvalue weighted by atomic mass is 10.0. The maximum Gasteiger partial charge on any atom is 0.266 e. The smallest absolute Gasteiger partial charge is 0.266 e. The molecule has 3 N–H and O–H groups in total. The van der Waals surface area contributed by atoms with Gasteiger partial charge in [0.15, 0.2) is 5.82 Å². The molecule has 0 aliphatic rings. The molecule has 0 radical (unpaired) electrons. The Kier molecular flexibility index (Phi) is 6.41. The number of aryl methyl sites for hydroxylation is 1. The van der Waals surface area contributed by atoms with Gasteiger partial charge in [0.2, 0.25) is 10.0 Å². The molecule has 38 heavy (non-hydrogen) atoms. The highest BCUT2D eigenvalue weighted by molar-refractivity contribution is 7.92. The molecule has 0 spiro atoms. The predicted octanol–water partition coefficient (Wildman–Crippen LogP) is 3.82. The number of hydrogen-bond acceptors (Lipinski definition) is 6. The number of nitrogens with two attached hydrogens (primary N) is 1. The van der Waals surface area contributed by atoms with Crippen molar-refractivity contribution < 1.29 is 17.2 Å². The Hall–Kier alpha value is -3.87. The van der Waals surface area contributed by atoms with E-state index in [0.29, 0.717) is 22.1 Å². The number of halogens is 3. The lowest BCUT2D eigenvalue weighted by Gasteiger charge is -2.20. The van der Waals surface area contributed by atoms with Gasteiger partial charge in [0.1, 0.15) is 17.5 Å². The van der Waals surface area contributed by atoms with Gasteiger partial charge in [-0.3, -0.25) is 18.8 Å². The van der Waals surface area contributed by atoms with Crippen LogP contribution >= 0.6 is 11.6 Å². The Balaban J connectivity index is 1.79. The topological polar surface area (TPSA) is 125 Å². The normalized spacial score (nSPS) is 12.8. The fourth-order valence-electron chi connectivity index (χ4n) is 4.49. The number of fused-ring (bicyclic) bond motifs is 2.